The number of sulfone groups is 1. The van der Waals surface area contributed by atoms with Crippen molar-refractivity contribution < 1.29 is 13.2 Å². The summed E-state index contributed by atoms with van der Waals surface area (Å²) in [5, 5.41) is 0.518. The first-order valence-corrected chi connectivity index (χ1v) is 11.9. The molecule has 0 unspecified atom stereocenters. The first-order valence-electron chi connectivity index (χ1n) is 9.21. The molecular formula is C21H22N2O3S2. The van der Waals surface area contributed by atoms with Crippen LogP contribution in [0.15, 0.2) is 53.5 Å². The van der Waals surface area contributed by atoms with E-state index in [2.05, 4.69) is 4.99 Å². The maximum atomic E-state index is 12.6. The lowest BCUT2D eigenvalue weighted by Crippen LogP contribution is -2.37. The Morgan fingerprint density at radius 1 is 1.11 bits per heavy atom. The highest BCUT2D eigenvalue weighted by molar-refractivity contribution is 8.16. The fourth-order valence-corrected chi connectivity index (χ4v) is 7.60. The number of nitrogens with zero attached hydrogens (tertiary/aromatic N) is 2. The summed E-state index contributed by atoms with van der Waals surface area (Å²) in [5.41, 5.74) is 4.04. The molecule has 0 aliphatic carbocycles. The summed E-state index contributed by atoms with van der Waals surface area (Å²) in [6.07, 6.45) is 0.236. The Kier molecular flexibility index (Phi) is 5.05. The van der Waals surface area contributed by atoms with Crippen LogP contribution in [0.1, 0.15) is 16.7 Å². The van der Waals surface area contributed by atoms with E-state index in [9.17, 15) is 13.2 Å². The van der Waals surface area contributed by atoms with Gasteiger partial charge in [0, 0.05) is 10.9 Å². The molecule has 7 heteroatoms. The summed E-state index contributed by atoms with van der Waals surface area (Å²) in [7, 11) is -3.06. The van der Waals surface area contributed by atoms with E-state index in [4.69, 9.17) is 0 Å². The molecular weight excluding hydrogens is 392 g/mol. The van der Waals surface area contributed by atoms with Gasteiger partial charge < -0.3 is 4.90 Å². The van der Waals surface area contributed by atoms with Crippen LogP contribution in [-0.2, 0) is 21.1 Å². The van der Waals surface area contributed by atoms with Crippen molar-refractivity contribution in [2.24, 2.45) is 4.99 Å². The van der Waals surface area contributed by atoms with E-state index < -0.39 is 9.84 Å². The zero-order valence-corrected chi connectivity index (χ0v) is 17.5. The molecule has 2 aliphatic heterocycles. The second-order valence-electron chi connectivity index (χ2n) is 7.46. The van der Waals surface area contributed by atoms with Crippen molar-refractivity contribution in [3.05, 3.63) is 65.2 Å². The van der Waals surface area contributed by atoms with Gasteiger partial charge in [-0.1, -0.05) is 53.7 Å². The smallest absolute Gasteiger partial charge is 0.252 e. The summed E-state index contributed by atoms with van der Waals surface area (Å²) >= 11 is 1.41. The Bertz CT molecular complexity index is 1050. The number of rotatable bonds is 3. The average molecular weight is 415 g/mol. The van der Waals surface area contributed by atoms with E-state index in [1.807, 2.05) is 67.3 Å². The van der Waals surface area contributed by atoms with Gasteiger partial charge in [0.25, 0.3) is 5.91 Å². The number of carbonyl (C=O) groups excluding carboxylic acids is 1. The molecule has 0 bridgehead atoms. The molecule has 2 saturated heterocycles. The van der Waals surface area contributed by atoms with Crippen LogP contribution in [0.3, 0.4) is 0 Å². The lowest BCUT2D eigenvalue weighted by molar-refractivity contribution is -0.117. The maximum Gasteiger partial charge on any atom is 0.252 e. The van der Waals surface area contributed by atoms with Crippen molar-refractivity contribution in [2.45, 2.75) is 31.6 Å². The highest BCUT2D eigenvalue weighted by Gasteiger charge is 2.49. The monoisotopic (exact) mass is 414 g/mol. The van der Waals surface area contributed by atoms with Gasteiger partial charge >= 0.3 is 0 Å². The van der Waals surface area contributed by atoms with Crippen LogP contribution >= 0.6 is 11.8 Å². The molecule has 2 atom stereocenters. The number of amidine groups is 1. The minimum atomic E-state index is -3.06. The first kappa shape index (κ1) is 19.2. The highest BCUT2D eigenvalue weighted by atomic mass is 32.2. The molecule has 0 spiro atoms. The van der Waals surface area contributed by atoms with Crippen molar-refractivity contribution in [2.75, 3.05) is 16.4 Å². The molecule has 0 radical (unpaired) electrons. The molecule has 2 aliphatic rings. The summed E-state index contributed by atoms with van der Waals surface area (Å²) in [4.78, 5) is 18.9. The van der Waals surface area contributed by atoms with E-state index in [1.165, 1.54) is 11.8 Å². The normalized spacial score (nSPS) is 24.5. The van der Waals surface area contributed by atoms with Crippen LogP contribution < -0.4 is 4.90 Å². The van der Waals surface area contributed by atoms with Crippen molar-refractivity contribution >= 4 is 38.4 Å². The van der Waals surface area contributed by atoms with Crippen LogP contribution in [0.25, 0.3) is 0 Å². The third-order valence-electron chi connectivity index (χ3n) is 5.04. The van der Waals surface area contributed by atoms with Crippen LogP contribution in [-0.4, -0.2) is 42.3 Å². The van der Waals surface area contributed by atoms with Crippen molar-refractivity contribution in [3.63, 3.8) is 0 Å². The predicted octanol–water partition coefficient (Wildman–Crippen LogP) is 3.15. The Morgan fingerprint density at radius 2 is 1.86 bits per heavy atom. The molecule has 5 nitrogen and oxygen atoms in total. The number of carbonyl (C=O) groups is 1. The maximum absolute atomic E-state index is 12.6. The standard InChI is InChI=1S/C21H22N2O3S2/c1-14-6-8-16(9-7-14)11-20(24)22-21-23(17-5-3-4-15(2)10-17)18-12-28(25,26)13-19(18)27-21/h3-10,18-19H,11-13H2,1-2H3/t18-,19+/m1/s1. The number of amides is 1. The number of benzene rings is 2. The second-order valence-corrected chi connectivity index (χ2v) is 10.8. The molecule has 0 N–H and O–H groups in total. The lowest BCUT2D eigenvalue weighted by Gasteiger charge is -2.24. The van der Waals surface area contributed by atoms with E-state index >= 15 is 0 Å². The Labute approximate surface area is 169 Å². The Hall–Kier alpha value is -2.12. The van der Waals surface area contributed by atoms with E-state index in [0.29, 0.717) is 5.17 Å². The number of aliphatic imine (C=N–C) groups is 1. The Morgan fingerprint density at radius 3 is 2.57 bits per heavy atom. The third-order valence-corrected chi connectivity index (χ3v) is 8.25. The molecule has 2 heterocycles. The van der Waals surface area contributed by atoms with Crippen molar-refractivity contribution in [3.8, 4) is 0 Å². The van der Waals surface area contributed by atoms with Crippen LogP contribution in [0.5, 0.6) is 0 Å². The zero-order chi connectivity index (χ0) is 19.9. The minimum Gasteiger partial charge on any atom is -0.316 e. The predicted molar refractivity (Wildman–Crippen MR) is 115 cm³/mol. The van der Waals surface area contributed by atoms with Gasteiger partial charge in [-0.3, -0.25) is 4.79 Å². The number of fused-ring (bicyclic) bond motifs is 1. The van der Waals surface area contributed by atoms with Gasteiger partial charge in [-0.25, -0.2) is 8.42 Å². The Balaban J connectivity index is 1.63. The molecule has 0 saturated carbocycles. The zero-order valence-electron chi connectivity index (χ0n) is 15.8. The van der Waals surface area contributed by atoms with Crippen molar-refractivity contribution in [1.29, 1.82) is 0 Å². The molecule has 1 amide bonds. The quantitative estimate of drug-likeness (QED) is 0.772. The summed E-state index contributed by atoms with van der Waals surface area (Å²) in [5.74, 6) is 0.0198. The molecule has 28 heavy (non-hydrogen) atoms. The summed E-state index contributed by atoms with van der Waals surface area (Å²) in [6, 6.07) is 15.6. The molecule has 146 valence electrons. The van der Waals surface area contributed by atoms with Gasteiger partial charge in [0.15, 0.2) is 15.0 Å². The molecule has 0 aromatic heterocycles. The largest absolute Gasteiger partial charge is 0.316 e. The van der Waals surface area contributed by atoms with Gasteiger partial charge in [0.05, 0.1) is 24.0 Å². The fraction of sp³-hybridized carbons (Fsp3) is 0.333. The summed E-state index contributed by atoms with van der Waals surface area (Å²) in [6.45, 7) is 4.00. The minimum absolute atomic E-state index is 0.0866. The van der Waals surface area contributed by atoms with Gasteiger partial charge in [0.2, 0.25) is 0 Å². The SMILES string of the molecule is Cc1ccc(CC(=O)N=C2S[C@H]3CS(=O)(=O)C[C@H]3N2c2cccc(C)c2)cc1. The number of aryl methyl sites for hydroxylation is 2. The number of anilines is 1. The van der Waals surface area contributed by atoms with Gasteiger partial charge in [-0.15, -0.1) is 0 Å². The third kappa shape index (κ3) is 4.00. The molecule has 2 aromatic rings. The average Bonchev–Trinajstić information content (AvgIpc) is 3.07. The fourth-order valence-electron chi connectivity index (χ4n) is 3.67. The molecule has 2 fully saturated rings. The van der Waals surface area contributed by atoms with Crippen LogP contribution in [0.4, 0.5) is 5.69 Å². The van der Waals surface area contributed by atoms with Gasteiger partial charge in [-0.2, -0.15) is 4.99 Å². The van der Waals surface area contributed by atoms with Crippen molar-refractivity contribution in [1.82, 2.24) is 0 Å². The van der Waals surface area contributed by atoms with E-state index in [0.717, 1.165) is 22.4 Å². The van der Waals surface area contributed by atoms with E-state index in [-0.39, 0.29) is 35.1 Å². The van der Waals surface area contributed by atoms with Gasteiger partial charge in [-0.05, 0) is 37.1 Å². The second kappa shape index (κ2) is 7.37. The van der Waals surface area contributed by atoms with Crippen LogP contribution in [0, 0.1) is 13.8 Å². The van der Waals surface area contributed by atoms with Gasteiger partial charge in [0.1, 0.15) is 0 Å². The topological polar surface area (TPSA) is 66.8 Å². The molecule has 2 aromatic carbocycles. The summed E-state index contributed by atoms with van der Waals surface area (Å²) < 4.78 is 24.3. The lowest BCUT2D eigenvalue weighted by atomic mass is 10.1. The molecule has 4 rings (SSSR count). The number of hydrogen-bond donors (Lipinski definition) is 0. The van der Waals surface area contributed by atoms with E-state index in [1.54, 1.807) is 0 Å². The number of thioether (sulfide) groups is 1. The highest BCUT2D eigenvalue weighted by Crippen LogP contribution is 2.41. The first-order chi connectivity index (χ1) is 13.3. The van der Waals surface area contributed by atoms with Crippen LogP contribution in [0.2, 0.25) is 0 Å². The number of hydrogen-bond acceptors (Lipinski definition) is 4.